The quantitative estimate of drug-likeness (QED) is 0.795. The molecule has 3 aromatic carbocycles. The van der Waals surface area contributed by atoms with E-state index >= 15 is 0 Å². The largest absolute Gasteiger partial charge is 0.280 e. The van der Waals surface area contributed by atoms with Crippen LogP contribution in [-0.4, -0.2) is 8.42 Å². The molecule has 3 nitrogen and oxygen atoms in total. The fraction of sp³-hybridized carbons (Fsp3) is 0.0588. The number of rotatable bonds is 3. The molecule has 21 heavy (non-hydrogen) atoms. The lowest BCUT2D eigenvalue weighted by molar-refractivity contribution is 0.601. The first-order valence-corrected chi connectivity index (χ1v) is 8.11. The summed E-state index contributed by atoms with van der Waals surface area (Å²) in [4.78, 5) is 0.266. The Bertz CT molecular complexity index is 901. The molecule has 106 valence electrons. The third-order valence-electron chi connectivity index (χ3n) is 3.30. The molecule has 1 N–H and O–H groups in total. The first-order chi connectivity index (χ1) is 10.0. The topological polar surface area (TPSA) is 46.2 Å². The molecule has 0 heterocycles. The highest BCUT2D eigenvalue weighted by molar-refractivity contribution is 7.92. The Labute approximate surface area is 124 Å². The van der Waals surface area contributed by atoms with Crippen LogP contribution >= 0.6 is 0 Å². The molecule has 0 bridgehead atoms. The minimum Gasteiger partial charge on any atom is -0.280 e. The summed E-state index contributed by atoms with van der Waals surface area (Å²) in [5, 5.41) is 1.93. The smallest absolute Gasteiger partial charge is 0.261 e. The average molecular weight is 297 g/mol. The van der Waals surface area contributed by atoms with E-state index in [1.54, 1.807) is 24.3 Å². The van der Waals surface area contributed by atoms with Crippen LogP contribution in [0.4, 0.5) is 5.69 Å². The normalized spacial score (nSPS) is 11.5. The summed E-state index contributed by atoms with van der Waals surface area (Å²) in [6.45, 7) is 1.92. The minimum absolute atomic E-state index is 0.266. The van der Waals surface area contributed by atoms with Crippen LogP contribution in [0.3, 0.4) is 0 Å². The Morgan fingerprint density at radius 1 is 0.810 bits per heavy atom. The van der Waals surface area contributed by atoms with E-state index in [-0.39, 0.29) is 4.90 Å². The van der Waals surface area contributed by atoms with Gasteiger partial charge in [0.2, 0.25) is 0 Å². The highest BCUT2D eigenvalue weighted by atomic mass is 32.2. The Kier molecular flexibility index (Phi) is 3.39. The van der Waals surface area contributed by atoms with Crippen LogP contribution in [0.25, 0.3) is 10.8 Å². The van der Waals surface area contributed by atoms with Crippen LogP contribution in [0, 0.1) is 6.92 Å². The molecule has 0 aromatic heterocycles. The summed E-state index contributed by atoms with van der Waals surface area (Å²) in [5.74, 6) is 0. The fourth-order valence-electron chi connectivity index (χ4n) is 2.26. The van der Waals surface area contributed by atoms with E-state index in [4.69, 9.17) is 0 Å². The average Bonchev–Trinajstić information content (AvgIpc) is 2.46. The van der Waals surface area contributed by atoms with Gasteiger partial charge in [0.1, 0.15) is 0 Å². The number of sulfonamides is 1. The molecule has 3 aromatic rings. The zero-order chi connectivity index (χ0) is 14.9. The SMILES string of the molecule is Cc1cccc(NS(=O)(=O)c2ccc3ccccc3c2)c1. The zero-order valence-electron chi connectivity index (χ0n) is 11.6. The van der Waals surface area contributed by atoms with Gasteiger partial charge in [-0.25, -0.2) is 8.42 Å². The molecule has 3 rings (SSSR count). The molecular formula is C17H15NO2S. The molecule has 0 aliphatic heterocycles. The lowest BCUT2D eigenvalue weighted by atomic mass is 10.1. The molecule has 0 aliphatic carbocycles. The second-order valence-corrected chi connectivity index (χ2v) is 6.67. The van der Waals surface area contributed by atoms with Gasteiger partial charge in [-0.05, 0) is 47.5 Å². The Balaban J connectivity index is 2.00. The fourth-order valence-corrected chi connectivity index (χ4v) is 3.34. The molecule has 4 heteroatoms. The summed E-state index contributed by atoms with van der Waals surface area (Å²) in [7, 11) is -3.57. The van der Waals surface area contributed by atoms with E-state index < -0.39 is 10.0 Å². The van der Waals surface area contributed by atoms with Crippen molar-refractivity contribution >= 4 is 26.5 Å². The molecule has 0 unspecified atom stereocenters. The van der Waals surface area contributed by atoms with Gasteiger partial charge in [-0.1, -0.05) is 42.5 Å². The second kappa shape index (κ2) is 5.22. The molecular weight excluding hydrogens is 282 g/mol. The van der Waals surface area contributed by atoms with Crippen molar-refractivity contribution in [3.63, 3.8) is 0 Å². The van der Waals surface area contributed by atoms with Crippen molar-refractivity contribution in [3.8, 4) is 0 Å². The molecule has 0 amide bonds. The molecule has 0 saturated carbocycles. The van der Waals surface area contributed by atoms with Crippen LogP contribution < -0.4 is 4.72 Å². The van der Waals surface area contributed by atoms with E-state index in [1.165, 1.54) is 0 Å². The summed E-state index contributed by atoms with van der Waals surface area (Å²) < 4.78 is 27.5. The van der Waals surface area contributed by atoms with Crippen LogP contribution in [0.5, 0.6) is 0 Å². The Morgan fingerprint density at radius 2 is 1.57 bits per heavy atom. The van der Waals surface area contributed by atoms with Crippen molar-refractivity contribution in [1.29, 1.82) is 0 Å². The standard InChI is InChI=1S/C17H15NO2S/c1-13-5-4-8-16(11-13)18-21(19,20)17-10-9-14-6-2-3-7-15(14)12-17/h2-12,18H,1H3. The van der Waals surface area contributed by atoms with Gasteiger partial charge in [-0.2, -0.15) is 0 Å². The molecule has 0 atom stereocenters. The zero-order valence-corrected chi connectivity index (χ0v) is 12.4. The van der Waals surface area contributed by atoms with Gasteiger partial charge in [0.25, 0.3) is 10.0 Å². The van der Waals surface area contributed by atoms with Gasteiger partial charge in [0.15, 0.2) is 0 Å². The van der Waals surface area contributed by atoms with E-state index in [1.807, 2.05) is 49.4 Å². The van der Waals surface area contributed by atoms with Gasteiger partial charge < -0.3 is 0 Å². The molecule has 0 saturated heterocycles. The van der Waals surface area contributed by atoms with Crippen molar-refractivity contribution in [2.75, 3.05) is 4.72 Å². The van der Waals surface area contributed by atoms with Crippen LogP contribution in [0.15, 0.2) is 71.6 Å². The number of benzene rings is 3. The molecule has 0 spiro atoms. The summed E-state index contributed by atoms with van der Waals surface area (Å²) >= 11 is 0. The number of anilines is 1. The van der Waals surface area contributed by atoms with Crippen molar-refractivity contribution in [2.24, 2.45) is 0 Å². The number of nitrogens with one attached hydrogen (secondary N) is 1. The first-order valence-electron chi connectivity index (χ1n) is 6.63. The number of fused-ring (bicyclic) bond motifs is 1. The molecule has 0 fully saturated rings. The Morgan fingerprint density at radius 3 is 2.33 bits per heavy atom. The van der Waals surface area contributed by atoms with Gasteiger partial charge in [-0.3, -0.25) is 4.72 Å². The van der Waals surface area contributed by atoms with E-state index in [0.29, 0.717) is 5.69 Å². The maximum absolute atomic E-state index is 12.4. The summed E-state index contributed by atoms with van der Waals surface area (Å²) in [5.41, 5.74) is 1.58. The van der Waals surface area contributed by atoms with E-state index in [2.05, 4.69) is 4.72 Å². The van der Waals surface area contributed by atoms with Crippen molar-refractivity contribution in [2.45, 2.75) is 11.8 Å². The first kappa shape index (κ1) is 13.6. The Hall–Kier alpha value is -2.33. The highest BCUT2D eigenvalue weighted by Gasteiger charge is 2.14. The van der Waals surface area contributed by atoms with Gasteiger partial charge in [0.05, 0.1) is 4.90 Å². The third-order valence-corrected chi connectivity index (χ3v) is 4.68. The molecule has 0 aliphatic rings. The van der Waals surface area contributed by atoms with Crippen LogP contribution in [0.2, 0.25) is 0 Å². The van der Waals surface area contributed by atoms with Gasteiger partial charge in [-0.15, -0.1) is 0 Å². The summed E-state index contributed by atoms with van der Waals surface area (Å²) in [6, 6.07) is 20.1. The maximum atomic E-state index is 12.4. The van der Waals surface area contributed by atoms with Crippen molar-refractivity contribution in [1.82, 2.24) is 0 Å². The van der Waals surface area contributed by atoms with Crippen LogP contribution in [0.1, 0.15) is 5.56 Å². The van der Waals surface area contributed by atoms with Crippen LogP contribution in [-0.2, 0) is 10.0 Å². The van der Waals surface area contributed by atoms with E-state index in [9.17, 15) is 8.42 Å². The number of aryl methyl sites for hydroxylation is 1. The third kappa shape index (κ3) is 2.90. The second-order valence-electron chi connectivity index (χ2n) is 4.98. The number of hydrogen-bond donors (Lipinski definition) is 1. The summed E-state index contributed by atoms with van der Waals surface area (Å²) in [6.07, 6.45) is 0. The van der Waals surface area contributed by atoms with Crippen molar-refractivity contribution < 1.29 is 8.42 Å². The highest BCUT2D eigenvalue weighted by Crippen LogP contribution is 2.21. The van der Waals surface area contributed by atoms with E-state index in [0.717, 1.165) is 16.3 Å². The lowest BCUT2D eigenvalue weighted by Crippen LogP contribution is -2.12. The van der Waals surface area contributed by atoms with Crippen molar-refractivity contribution in [3.05, 3.63) is 72.3 Å². The predicted molar refractivity (Wildman–Crippen MR) is 85.9 cm³/mol. The number of hydrogen-bond acceptors (Lipinski definition) is 2. The monoisotopic (exact) mass is 297 g/mol. The minimum atomic E-state index is -3.57. The lowest BCUT2D eigenvalue weighted by Gasteiger charge is -2.09. The maximum Gasteiger partial charge on any atom is 0.261 e. The van der Waals surface area contributed by atoms with Gasteiger partial charge >= 0.3 is 0 Å². The molecule has 0 radical (unpaired) electrons. The predicted octanol–water partition coefficient (Wildman–Crippen LogP) is 3.95. The van der Waals surface area contributed by atoms with Gasteiger partial charge in [0, 0.05) is 5.69 Å².